The van der Waals surface area contributed by atoms with Crippen molar-refractivity contribution in [1.82, 2.24) is 5.32 Å². The number of nitrogens with one attached hydrogen (secondary N) is 1. The summed E-state index contributed by atoms with van der Waals surface area (Å²) in [5.41, 5.74) is 1.11. The van der Waals surface area contributed by atoms with Crippen LogP contribution in [0, 0.1) is 11.3 Å². The molecular formula is C13H9BrN2O2. The Morgan fingerprint density at radius 2 is 2.06 bits per heavy atom. The van der Waals surface area contributed by atoms with Crippen LogP contribution in [0.3, 0.4) is 0 Å². The summed E-state index contributed by atoms with van der Waals surface area (Å²) in [6.07, 6.45) is 1.41. The van der Waals surface area contributed by atoms with Gasteiger partial charge in [0.1, 0.15) is 6.04 Å². The molecule has 90 valence electrons. The molecule has 1 aromatic heterocycles. The van der Waals surface area contributed by atoms with Crippen LogP contribution in [0.2, 0.25) is 0 Å². The number of nitriles is 1. The van der Waals surface area contributed by atoms with Crippen LogP contribution in [0.25, 0.3) is 0 Å². The molecule has 0 saturated heterocycles. The van der Waals surface area contributed by atoms with Gasteiger partial charge in [0.15, 0.2) is 4.67 Å². The fourth-order valence-corrected chi connectivity index (χ4v) is 1.92. The number of carbonyl (C=O) groups is 1. The molecule has 1 atom stereocenters. The average molecular weight is 305 g/mol. The maximum atomic E-state index is 11.9. The Balaban J connectivity index is 2.16. The molecule has 5 heteroatoms. The third-order valence-electron chi connectivity index (χ3n) is 2.40. The maximum absolute atomic E-state index is 11.9. The summed E-state index contributed by atoms with van der Waals surface area (Å²) >= 11 is 3.12. The molecular weight excluding hydrogens is 296 g/mol. The largest absolute Gasteiger partial charge is 0.457 e. The van der Waals surface area contributed by atoms with Crippen LogP contribution in [0.4, 0.5) is 0 Å². The summed E-state index contributed by atoms with van der Waals surface area (Å²) in [7, 11) is 0. The molecule has 2 aromatic rings. The van der Waals surface area contributed by atoms with Gasteiger partial charge in [-0.05, 0) is 27.6 Å². The molecule has 0 spiro atoms. The average Bonchev–Trinajstić information content (AvgIpc) is 2.83. The minimum atomic E-state index is -0.680. The zero-order chi connectivity index (χ0) is 13.0. The van der Waals surface area contributed by atoms with E-state index in [2.05, 4.69) is 27.3 Å². The maximum Gasteiger partial charge on any atom is 0.257 e. The minimum Gasteiger partial charge on any atom is -0.457 e. The predicted molar refractivity (Wildman–Crippen MR) is 68.7 cm³/mol. The summed E-state index contributed by atoms with van der Waals surface area (Å²) in [6.45, 7) is 0. The lowest BCUT2D eigenvalue weighted by atomic mass is 10.1. The van der Waals surface area contributed by atoms with Crippen molar-refractivity contribution in [2.45, 2.75) is 6.04 Å². The Labute approximate surface area is 112 Å². The van der Waals surface area contributed by atoms with E-state index in [1.807, 2.05) is 18.2 Å². The van der Waals surface area contributed by atoms with Crippen LogP contribution >= 0.6 is 15.9 Å². The van der Waals surface area contributed by atoms with Crippen LogP contribution in [-0.4, -0.2) is 5.91 Å². The monoisotopic (exact) mass is 304 g/mol. The van der Waals surface area contributed by atoms with E-state index in [4.69, 9.17) is 9.68 Å². The molecule has 0 aliphatic rings. The molecule has 0 fully saturated rings. The van der Waals surface area contributed by atoms with E-state index in [0.29, 0.717) is 10.2 Å². The number of nitrogens with zero attached hydrogens (tertiary/aromatic N) is 1. The minimum absolute atomic E-state index is 0.352. The summed E-state index contributed by atoms with van der Waals surface area (Å²) in [5, 5.41) is 11.7. The van der Waals surface area contributed by atoms with E-state index >= 15 is 0 Å². The van der Waals surface area contributed by atoms with E-state index in [9.17, 15) is 4.79 Å². The van der Waals surface area contributed by atoms with Gasteiger partial charge in [-0.3, -0.25) is 4.79 Å². The smallest absolute Gasteiger partial charge is 0.257 e. The normalized spacial score (nSPS) is 11.6. The van der Waals surface area contributed by atoms with Gasteiger partial charge in [-0.2, -0.15) is 5.26 Å². The fraction of sp³-hybridized carbons (Fsp3) is 0.0769. The first-order chi connectivity index (χ1) is 8.72. The molecule has 1 amide bonds. The highest BCUT2D eigenvalue weighted by molar-refractivity contribution is 9.10. The Hall–Kier alpha value is -2.06. The van der Waals surface area contributed by atoms with Gasteiger partial charge in [0.25, 0.3) is 5.91 Å². The summed E-state index contributed by atoms with van der Waals surface area (Å²) in [5.74, 6) is -0.356. The SMILES string of the molecule is N#CC(NC(=O)c1ccoc1Br)c1ccccc1. The van der Waals surface area contributed by atoms with Gasteiger partial charge >= 0.3 is 0 Å². The zero-order valence-corrected chi connectivity index (χ0v) is 10.8. The number of hydrogen-bond donors (Lipinski definition) is 1. The van der Waals surface area contributed by atoms with Crippen molar-refractivity contribution >= 4 is 21.8 Å². The van der Waals surface area contributed by atoms with E-state index in [1.165, 1.54) is 6.26 Å². The van der Waals surface area contributed by atoms with Crippen molar-refractivity contribution in [2.75, 3.05) is 0 Å². The quantitative estimate of drug-likeness (QED) is 0.948. The fourth-order valence-electron chi connectivity index (χ4n) is 1.50. The first kappa shape index (κ1) is 12.4. The molecule has 1 unspecified atom stereocenters. The number of carbonyl (C=O) groups excluding carboxylic acids is 1. The first-order valence-electron chi connectivity index (χ1n) is 5.21. The van der Waals surface area contributed by atoms with Crippen LogP contribution < -0.4 is 5.32 Å². The number of rotatable bonds is 3. The van der Waals surface area contributed by atoms with Gasteiger partial charge in [-0.25, -0.2) is 0 Å². The van der Waals surface area contributed by atoms with E-state index in [-0.39, 0.29) is 5.91 Å². The van der Waals surface area contributed by atoms with Crippen molar-refractivity contribution in [3.8, 4) is 6.07 Å². The van der Waals surface area contributed by atoms with Gasteiger partial charge in [0.2, 0.25) is 0 Å². The lowest BCUT2D eigenvalue weighted by molar-refractivity contribution is 0.0943. The summed E-state index contributed by atoms with van der Waals surface area (Å²) < 4.78 is 5.33. The predicted octanol–water partition coefficient (Wildman–Crippen LogP) is 3.04. The molecule has 0 radical (unpaired) electrons. The van der Waals surface area contributed by atoms with Gasteiger partial charge < -0.3 is 9.73 Å². The molecule has 0 aliphatic carbocycles. The van der Waals surface area contributed by atoms with Gasteiger partial charge in [0, 0.05) is 0 Å². The van der Waals surface area contributed by atoms with Crippen LogP contribution in [0.15, 0.2) is 51.7 Å². The second-order valence-corrected chi connectivity index (χ2v) is 4.27. The summed E-state index contributed by atoms with van der Waals surface area (Å²) in [4.78, 5) is 11.9. The van der Waals surface area contributed by atoms with Gasteiger partial charge in [0.05, 0.1) is 17.9 Å². The number of hydrogen-bond acceptors (Lipinski definition) is 3. The second kappa shape index (κ2) is 5.52. The Kier molecular flexibility index (Phi) is 3.80. The van der Waals surface area contributed by atoms with Crippen molar-refractivity contribution in [2.24, 2.45) is 0 Å². The van der Waals surface area contributed by atoms with Crippen LogP contribution in [0.1, 0.15) is 22.0 Å². The van der Waals surface area contributed by atoms with Crippen molar-refractivity contribution in [1.29, 1.82) is 5.26 Å². The molecule has 1 N–H and O–H groups in total. The standard InChI is InChI=1S/C13H9BrN2O2/c14-12-10(6-7-18-12)13(17)16-11(8-15)9-4-2-1-3-5-9/h1-7,11H,(H,16,17). The zero-order valence-electron chi connectivity index (χ0n) is 9.26. The summed E-state index contributed by atoms with van der Waals surface area (Å²) in [6, 6.07) is 12.0. The van der Waals surface area contributed by atoms with Gasteiger partial charge in [-0.15, -0.1) is 0 Å². The molecule has 1 heterocycles. The highest BCUT2D eigenvalue weighted by Gasteiger charge is 2.18. The van der Waals surface area contributed by atoms with Crippen molar-refractivity contribution < 1.29 is 9.21 Å². The number of halogens is 1. The molecule has 2 rings (SSSR count). The van der Waals surface area contributed by atoms with Crippen molar-refractivity contribution in [3.63, 3.8) is 0 Å². The third-order valence-corrected chi connectivity index (χ3v) is 3.01. The highest BCUT2D eigenvalue weighted by atomic mass is 79.9. The number of amides is 1. The third kappa shape index (κ3) is 2.60. The Morgan fingerprint density at radius 3 is 2.61 bits per heavy atom. The number of benzene rings is 1. The Bertz CT molecular complexity index is 587. The second-order valence-electron chi connectivity index (χ2n) is 3.55. The molecule has 0 aliphatic heterocycles. The van der Waals surface area contributed by atoms with E-state index < -0.39 is 6.04 Å². The van der Waals surface area contributed by atoms with E-state index in [0.717, 1.165) is 5.56 Å². The van der Waals surface area contributed by atoms with E-state index in [1.54, 1.807) is 18.2 Å². The lowest BCUT2D eigenvalue weighted by Gasteiger charge is -2.11. The number of furan rings is 1. The first-order valence-corrected chi connectivity index (χ1v) is 6.00. The molecule has 0 saturated carbocycles. The van der Waals surface area contributed by atoms with Crippen LogP contribution in [-0.2, 0) is 0 Å². The topological polar surface area (TPSA) is 66.0 Å². The molecule has 1 aromatic carbocycles. The van der Waals surface area contributed by atoms with Gasteiger partial charge in [-0.1, -0.05) is 30.3 Å². The highest BCUT2D eigenvalue weighted by Crippen LogP contribution is 2.19. The Morgan fingerprint density at radius 1 is 1.33 bits per heavy atom. The van der Waals surface area contributed by atoms with Crippen molar-refractivity contribution in [3.05, 3.63) is 58.5 Å². The molecule has 18 heavy (non-hydrogen) atoms. The molecule has 4 nitrogen and oxygen atoms in total. The molecule has 0 bridgehead atoms. The lowest BCUT2D eigenvalue weighted by Crippen LogP contribution is -2.27. The van der Waals surface area contributed by atoms with Crippen LogP contribution in [0.5, 0.6) is 0 Å².